The Labute approximate surface area is 108 Å². The zero-order chi connectivity index (χ0) is 12.4. The van der Waals surface area contributed by atoms with Crippen LogP contribution in [0.1, 0.15) is 12.0 Å². The summed E-state index contributed by atoms with van der Waals surface area (Å²) >= 11 is 3.43. The molecule has 92 valence electrons. The lowest BCUT2D eigenvalue weighted by Crippen LogP contribution is -2.22. The van der Waals surface area contributed by atoms with Gasteiger partial charge in [-0.2, -0.15) is 0 Å². The number of hydrogen-bond acceptors (Lipinski definition) is 4. The molecule has 0 aliphatic carbocycles. The van der Waals surface area contributed by atoms with Crippen LogP contribution < -0.4 is 10.6 Å². The quantitative estimate of drug-likeness (QED) is 0.664. The fraction of sp³-hybridized carbons (Fsp3) is 0.455. The number of hydrogen-bond donors (Lipinski definition) is 2. The van der Waals surface area contributed by atoms with Crippen molar-refractivity contribution < 1.29 is 4.92 Å². The van der Waals surface area contributed by atoms with E-state index in [1.807, 2.05) is 0 Å². The summed E-state index contributed by atoms with van der Waals surface area (Å²) in [5.74, 6) is 0. The molecule has 1 unspecified atom stereocenters. The van der Waals surface area contributed by atoms with Crippen molar-refractivity contribution in [3.05, 3.63) is 32.3 Å². The van der Waals surface area contributed by atoms with Gasteiger partial charge in [0.2, 0.25) is 0 Å². The van der Waals surface area contributed by atoms with Crippen molar-refractivity contribution in [3.8, 4) is 0 Å². The first-order valence-electron chi connectivity index (χ1n) is 5.49. The van der Waals surface area contributed by atoms with Crippen LogP contribution in [0.15, 0.2) is 16.6 Å². The number of nitro groups is 1. The Hall–Kier alpha value is -1.14. The highest BCUT2D eigenvalue weighted by atomic mass is 79.9. The highest BCUT2D eigenvalue weighted by Crippen LogP contribution is 2.31. The van der Waals surface area contributed by atoms with E-state index in [9.17, 15) is 10.1 Å². The molecule has 0 spiro atoms. The molecule has 1 aromatic carbocycles. The summed E-state index contributed by atoms with van der Waals surface area (Å²) in [6.07, 6.45) is 1.04. The molecule has 1 aromatic rings. The van der Waals surface area contributed by atoms with Gasteiger partial charge in [0.25, 0.3) is 5.69 Å². The van der Waals surface area contributed by atoms with Crippen molar-refractivity contribution in [2.24, 2.45) is 0 Å². The predicted molar refractivity (Wildman–Crippen MR) is 70.4 cm³/mol. The SMILES string of the molecule is Cc1cc(Br)c(NC2CCNC2)cc1[N+](=O)[O-]. The van der Waals surface area contributed by atoms with Gasteiger partial charge < -0.3 is 10.6 Å². The Morgan fingerprint density at radius 2 is 2.35 bits per heavy atom. The Bertz CT molecular complexity index is 445. The second-order valence-corrected chi connectivity index (χ2v) is 5.06. The molecule has 2 rings (SSSR count). The summed E-state index contributed by atoms with van der Waals surface area (Å²) < 4.78 is 0.868. The van der Waals surface area contributed by atoms with Crippen LogP contribution in [0.2, 0.25) is 0 Å². The molecular formula is C11H14BrN3O2. The van der Waals surface area contributed by atoms with Crippen molar-refractivity contribution in [2.75, 3.05) is 18.4 Å². The Kier molecular flexibility index (Phi) is 3.63. The normalized spacial score (nSPS) is 19.3. The summed E-state index contributed by atoms with van der Waals surface area (Å²) in [4.78, 5) is 10.5. The molecule has 0 bridgehead atoms. The molecule has 5 nitrogen and oxygen atoms in total. The van der Waals surface area contributed by atoms with Crippen LogP contribution in [-0.4, -0.2) is 24.1 Å². The van der Waals surface area contributed by atoms with E-state index in [4.69, 9.17) is 0 Å². The molecule has 1 heterocycles. The van der Waals surface area contributed by atoms with E-state index >= 15 is 0 Å². The molecule has 17 heavy (non-hydrogen) atoms. The summed E-state index contributed by atoms with van der Waals surface area (Å²) in [6.45, 7) is 3.63. The number of halogens is 1. The third-order valence-electron chi connectivity index (χ3n) is 2.90. The average molecular weight is 300 g/mol. The molecule has 0 aromatic heterocycles. The smallest absolute Gasteiger partial charge is 0.274 e. The minimum atomic E-state index is -0.347. The molecular weight excluding hydrogens is 286 g/mol. The molecule has 6 heteroatoms. The van der Waals surface area contributed by atoms with Crippen molar-refractivity contribution in [3.63, 3.8) is 0 Å². The fourth-order valence-electron chi connectivity index (χ4n) is 1.97. The topological polar surface area (TPSA) is 67.2 Å². The van der Waals surface area contributed by atoms with Gasteiger partial charge in [0.15, 0.2) is 0 Å². The van der Waals surface area contributed by atoms with Crippen LogP contribution in [0.4, 0.5) is 11.4 Å². The van der Waals surface area contributed by atoms with Gasteiger partial charge in [-0.05, 0) is 41.9 Å². The largest absolute Gasteiger partial charge is 0.380 e. The zero-order valence-corrected chi connectivity index (χ0v) is 11.1. The summed E-state index contributed by atoms with van der Waals surface area (Å²) in [7, 11) is 0. The third-order valence-corrected chi connectivity index (χ3v) is 3.56. The molecule has 1 aliphatic heterocycles. The van der Waals surface area contributed by atoms with E-state index in [0.717, 1.165) is 29.7 Å². The Morgan fingerprint density at radius 3 is 2.94 bits per heavy atom. The molecule has 0 saturated carbocycles. The van der Waals surface area contributed by atoms with Gasteiger partial charge in [0.1, 0.15) is 0 Å². The maximum absolute atomic E-state index is 10.9. The van der Waals surface area contributed by atoms with E-state index in [2.05, 4.69) is 26.6 Å². The Balaban J connectivity index is 2.26. The van der Waals surface area contributed by atoms with Crippen molar-refractivity contribution in [1.82, 2.24) is 5.32 Å². The highest BCUT2D eigenvalue weighted by Gasteiger charge is 2.18. The van der Waals surface area contributed by atoms with Crippen LogP contribution in [0.25, 0.3) is 0 Å². The molecule has 1 saturated heterocycles. The number of nitrogens with zero attached hydrogens (tertiary/aromatic N) is 1. The third kappa shape index (κ3) is 2.76. The maximum Gasteiger partial charge on any atom is 0.274 e. The first-order chi connectivity index (χ1) is 8.08. The van der Waals surface area contributed by atoms with Crippen LogP contribution >= 0.6 is 15.9 Å². The molecule has 0 amide bonds. The second kappa shape index (κ2) is 5.01. The van der Waals surface area contributed by atoms with E-state index in [1.165, 1.54) is 0 Å². The number of aryl methyl sites for hydroxylation is 1. The predicted octanol–water partition coefficient (Wildman–Crippen LogP) is 2.44. The lowest BCUT2D eigenvalue weighted by atomic mass is 10.1. The Morgan fingerprint density at radius 1 is 1.59 bits per heavy atom. The van der Waals surface area contributed by atoms with Gasteiger partial charge in [-0.1, -0.05) is 0 Å². The van der Waals surface area contributed by atoms with Gasteiger partial charge >= 0.3 is 0 Å². The molecule has 1 fully saturated rings. The van der Waals surface area contributed by atoms with Crippen molar-refractivity contribution >= 4 is 27.3 Å². The van der Waals surface area contributed by atoms with E-state index in [0.29, 0.717) is 11.6 Å². The second-order valence-electron chi connectivity index (χ2n) is 4.21. The standard InChI is InChI=1S/C11H14BrN3O2/c1-7-4-9(12)10(5-11(7)15(16)17)14-8-2-3-13-6-8/h4-5,8,13-14H,2-3,6H2,1H3. The molecule has 1 aliphatic rings. The number of nitro benzene ring substituents is 1. The van der Waals surface area contributed by atoms with Crippen LogP contribution in [0.3, 0.4) is 0 Å². The van der Waals surface area contributed by atoms with E-state index in [-0.39, 0.29) is 10.6 Å². The summed E-state index contributed by atoms with van der Waals surface area (Å²) in [5, 5.41) is 17.4. The zero-order valence-electron chi connectivity index (χ0n) is 9.50. The van der Waals surface area contributed by atoms with Crippen molar-refractivity contribution in [2.45, 2.75) is 19.4 Å². The van der Waals surface area contributed by atoms with Crippen LogP contribution in [-0.2, 0) is 0 Å². The minimum absolute atomic E-state index is 0.154. The summed E-state index contributed by atoms with van der Waals surface area (Å²) in [6, 6.07) is 3.72. The first kappa shape index (κ1) is 12.3. The summed E-state index contributed by atoms with van der Waals surface area (Å²) in [5.41, 5.74) is 1.61. The highest BCUT2D eigenvalue weighted by molar-refractivity contribution is 9.10. The molecule has 1 atom stereocenters. The van der Waals surface area contributed by atoms with E-state index in [1.54, 1.807) is 19.1 Å². The minimum Gasteiger partial charge on any atom is -0.380 e. The van der Waals surface area contributed by atoms with Gasteiger partial charge in [-0.15, -0.1) is 0 Å². The van der Waals surface area contributed by atoms with Gasteiger partial charge in [0.05, 0.1) is 10.6 Å². The number of nitrogens with one attached hydrogen (secondary N) is 2. The first-order valence-corrected chi connectivity index (χ1v) is 6.29. The van der Waals surface area contributed by atoms with Crippen LogP contribution in [0.5, 0.6) is 0 Å². The lowest BCUT2D eigenvalue weighted by molar-refractivity contribution is -0.385. The van der Waals surface area contributed by atoms with E-state index < -0.39 is 0 Å². The maximum atomic E-state index is 10.9. The average Bonchev–Trinajstić information content (AvgIpc) is 2.74. The van der Waals surface area contributed by atoms with Gasteiger partial charge in [-0.3, -0.25) is 10.1 Å². The monoisotopic (exact) mass is 299 g/mol. The van der Waals surface area contributed by atoms with Gasteiger partial charge in [0, 0.05) is 28.7 Å². The number of rotatable bonds is 3. The fourth-order valence-corrected chi connectivity index (χ4v) is 2.54. The number of anilines is 1. The van der Waals surface area contributed by atoms with Crippen molar-refractivity contribution in [1.29, 1.82) is 0 Å². The molecule has 2 N–H and O–H groups in total. The number of benzene rings is 1. The molecule has 0 radical (unpaired) electrons. The lowest BCUT2D eigenvalue weighted by Gasteiger charge is -2.14. The van der Waals surface area contributed by atoms with Gasteiger partial charge in [-0.25, -0.2) is 0 Å². The van der Waals surface area contributed by atoms with Crippen LogP contribution in [0, 0.1) is 17.0 Å².